The number of hydrogen-bond donors (Lipinski definition) is 1. The lowest BCUT2D eigenvalue weighted by molar-refractivity contribution is 0.329. The topological polar surface area (TPSA) is 30.5 Å². The predicted molar refractivity (Wildman–Crippen MR) is 88.8 cm³/mol. The molecule has 0 aliphatic carbocycles. The molecule has 0 fully saturated rings. The van der Waals surface area contributed by atoms with E-state index in [-0.39, 0.29) is 5.82 Å². The first kappa shape index (κ1) is 16.1. The van der Waals surface area contributed by atoms with E-state index in [1.807, 2.05) is 12.1 Å². The molecule has 2 rings (SSSR count). The summed E-state index contributed by atoms with van der Waals surface area (Å²) in [4.78, 5) is 0. The summed E-state index contributed by atoms with van der Waals surface area (Å²) in [6, 6.07) is 10.2. The van der Waals surface area contributed by atoms with Crippen molar-refractivity contribution in [1.82, 2.24) is 0 Å². The molecule has 2 aromatic carbocycles. The van der Waals surface area contributed by atoms with Crippen molar-refractivity contribution in [2.75, 3.05) is 25.6 Å². The molecule has 0 spiro atoms. The second-order valence-corrected chi connectivity index (χ2v) is 5.88. The van der Waals surface area contributed by atoms with E-state index in [1.165, 1.54) is 6.07 Å². The van der Waals surface area contributed by atoms with Gasteiger partial charge in [-0.15, -0.1) is 0 Å². The van der Waals surface area contributed by atoms with Crippen LogP contribution in [0.25, 0.3) is 0 Å². The van der Waals surface area contributed by atoms with Gasteiger partial charge in [0, 0.05) is 6.54 Å². The van der Waals surface area contributed by atoms with Gasteiger partial charge in [0.05, 0.1) is 21.7 Å². The zero-order valence-corrected chi connectivity index (χ0v) is 14.5. The number of methoxy groups -OCH3 is 1. The van der Waals surface area contributed by atoms with Crippen LogP contribution in [0.1, 0.15) is 0 Å². The summed E-state index contributed by atoms with van der Waals surface area (Å²) in [6.07, 6.45) is 0. The molecule has 0 atom stereocenters. The number of anilines is 1. The van der Waals surface area contributed by atoms with E-state index in [9.17, 15) is 4.39 Å². The Labute approximate surface area is 139 Å². The van der Waals surface area contributed by atoms with Crippen LogP contribution in [0, 0.1) is 5.82 Å². The smallest absolute Gasteiger partial charge is 0.146 e. The van der Waals surface area contributed by atoms with Crippen LogP contribution in [0.2, 0.25) is 0 Å². The number of hydrogen-bond acceptors (Lipinski definition) is 3. The molecule has 2 aromatic rings. The Hall–Kier alpha value is -1.27. The fourth-order valence-corrected chi connectivity index (χ4v) is 2.65. The van der Waals surface area contributed by atoms with Gasteiger partial charge in [-0.25, -0.2) is 4.39 Å². The average molecular weight is 419 g/mol. The Morgan fingerprint density at radius 2 is 1.76 bits per heavy atom. The fourth-order valence-electron chi connectivity index (χ4n) is 1.73. The molecule has 21 heavy (non-hydrogen) atoms. The highest BCUT2D eigenvalue weighted by Gasteiger charge is 2.08. The Balaban J connectivity index is 1.89. The number of benzene rings is 2. The maximum Gasteiger partial charge on any atom is 0.146 e. The minimum atomic E-state index is -0.272. The molecule has 0 saturated carbocycles. The van der Waals surface area contributed by atoms with Gasteiger partial charge in [-0.2, -0.15) is 0 Å². The highest BCUT2D eigenvalue weighted by molar-refractivity contribution is 9.11. The quantitative estimate of drug-likeness (QED) is 0.680. The molecule has 0 unspecified atom stereocenters. The highest BCUT2D eigenvalue weighted by atomic mass is 79.9. The fraction of sp³-hybridized carbons (Fsp3) is 0.200. The Bertz CT molecular complexity index is 623. The number of nitrogens with one attached hydrogen (secondary N) is 1. The largest absolute Gasteiger partial charge is 0.496 e. The maximum absolute atomic E-state index is 13.4. The van der Waals surface area contributed by atoms with Gasteiger partial charge in [-0.3, -0.25) is 0 Å². The van der Waals surface area contributed by atoms with Crippen LogP contribution in [0.5, 0.6) is 11.5 Å². The molecule has 1 N–H and O–H groups in total. The summed E-state index contributed by atoms with van der Waals surface area (Å²) >= 11 is 6.83. The number of rotatable bonds is 6. The lowest BCUT2D eigenvalue weighted by Crippen LogP contribution is -2.12. The lowest BCUT2D eigenvalue weighted by atomic mass is 10.3. The Morgan fingerprint density at radius 1 is 1.10 bits per heavy atom. The van der Waals surface area contributed by atoms with Gasteiger partial charge in [0.2, 0.25) is 0 Å². The van der Waals surface area contributed by atoms with Gasteiger partial charge in [0.15, 0.2) is 0 Å². The summed E-state index contributed by atoms with van der Waals surface area (Å²) in [5, 5.41) is 2.99. The van der Waals surface area contributed by atoms with Gasteiger partial charge in [0.25, 0.3) is 0 Å². The van der Waals surface area contributed by atoms with Crippen LogP contribution in [0.15, 0.2) is 45.3 Å². The number of halogens is 3. The van der Waals surface area contributed by atoms with E-state index in [0.717, 1.165) is 14.7 Å². The minimum absolute atomic E-state index is 0.272. The summed E-state index contributed by atoms with van der Waals surface area (Å²) in [5.41, 5.74) is 0.469. The molecule has 6 heteroatoms. The summed E-state index contributed by atoms with van der Waals surface area (Å²) in [7, 11) is 1.60. The molecule has 0 aromatic heterocycles. The average Bonchev–Trinajstić information content (AvgIpc) is 2.48. The molecule has 3 nitrogen and oxygen atoms in total. The van der Waals surface area contributed by atoms with Crippen LogP contribution in [0.4, 0.5) is 10.1 Å². The number of para-hydroxylation sites is 1. The van der Waals surface area contributed by atoms with Crippen molar-refractivity contribution in [1.29, 1.82) is 0 Å². The SMILES string of the molecule is COc1cc(Br)c(OCCNc2ccccc2F)cc1Br. The van der Waals surface area contributed by atoms with Crippen molar-refractivity contribution in [3.8, 4) is 11.5 Å². The second-order valence-electron chi connectivity index (χ2n) is 4.17. The summed E-state index contributed by atoms with van der Waals surface area (Å²) < 4.78 is 25.9. The van der Waals surface area contributed by atoms with Crippen LogP contribution in [0.3, 0.4) is 0 Å². The van der Waals surface area contributed by atoms with Gasteiger partial charge < -0.3 is 14.8 Å². The minimum Gasteiger partial charge on any atom is -0.496 e. The van der Waals surface area contributed by atoms with E-state index in [2.05, 4.69) is 37.2 Å². The Kier molecular flexibility index (Phi) is 5.87. The molecule has 0 amide bonds. The van der Waals surface area contributed by atoms with Crippen LogP contribution < -0.4 is 14.8 Å². The molecular formula is C15H14Br2FNO2. The zero-order valence-electron chi connectivity index (χ0n) is 11.3. The van der Waals surface area contributed by atoms with Gasteiger partial charge in [-0.1, -0.05) is 12.1 Å². The van der Waals surface area contributed by atoms with E-state index in [0.29, 0.717) is 24.6 Å². The maximum atomic E-state index is 13.4. The number of ether oxygens (including phenoxy) is 2. The zero-order chi connectivity index (χ0) is 15.2. The van der Waals surface area contributed by atoms with E-state index >= 15 is 0 Å². The standard InChI is InChI=1S/C15H14Br2FNO2/c1-20-14-8-11(17)15(9-10(14)16)21-7-6-19-13-5-3-2-4-12(13)18/h2-5,8-9,19H,6-7H2,1H3. The van der Waals surface area contributed by atoms with Gasteiger partial charge >= 0.3 is 0 Å². The molecular weight excluding hydrogens is 405 g/mol. The van der Waals surface area contributed by atoms with Crippen LogP contribution in [-0.2, 0) is 0 Å². The van der Waals surface area contributed by atoms with Crippen molar-refractivity contribution < 1.29 is 13.9 Å². The van der Waals surface area contributed by atoms with Gasteiger partial charge in [-0.05, 0) is 56.1 Å². The Morgan fingerprint density at radius 3 is 2.48 bits per heavy atom. The van der Waals surface area contributed by atoms with Crippen molar-refractivity contribution in [3.63, 3.8) is 0 Å². The first-order valence-electron chi connectivity index (χ1n) is 6.26. The molecule has 0 aliphatic rings. The predicted octanol–water partition coefficient (Wildman–Crippen LogP) is 4.85. The van der Waals surface area contributed by atoms with Crippen molar-refractivity contribution in [3.05, 3.63) is 51.2 Å². The molecule has 112 valence electrons. The van der Waals surface area contributed by atoms with E-state index in [4.69, 9.17) is 9.47 Å². The summed E-state index contributed by atoms with van der Waals surface area (Å²) in [6.45, 7) is 0.905. The lowest BCUT2D eigenvalue weighted by Gasteiger charge is -2.12. The third-order valence-electron chi connectivity index (χ3n) is 2.76. The van der Waals surface area contributed by atoms with E-state index in [1.54, 1.807) is 25.3 Å². The van der Waals surface area contributed by atoms with Crippen molar-refractivity contribution in [2.24, 2.45) is 0 Å². The summed E-state index contributed by atoms with van der Waals surface area (Å²) in [5.74, 6) is 1.14. The van der Waals surface area contributed by atoms with Crippen molar-refractivity contribution in [2.45, 2.75) is 0 Å². The van der Waals surface area contributed by atoms with Crippen molar-refractivity contribution >= 4 is 37.5 Å². The highest BCUT2D eigenvalue weighted by Crippen LogP contribution is 2.35. The first-order chi connectivity index (χ1) is 10.1. The third kappa shape index (κ3) is 4.35. The monoisotopic (exact) mass is 417 g/mol. The first-order valence-corrected chi connectivity index (χ1v) is 7.84. The van der Waals surface area contributed by atoms with E-state index < -0.39 is 0 Å². The van der Waals surface area contributed by atoms with Crippen LogP contribution in [-0.4, -0.2) is 20.3 Å². The molecule has 0 saturated heterocycles. The second kappa shape index (κ2) is 7.66. The van der Waals surface area contributed by atoms with Crippen LogP contribution >= 0.6 is 31.9 Å². The molecule has 0 bridgehead atoms. The molecule has 0 heterocycles. The molecule has 0 radical (unpaired) electrons. The molecule has 0 aliphatic heterocycles. The normalized spacial score (nSPS) is 10.3. The van der Waals surface area contributed by atoms with Gasteiger partial charge in [0.1, 0.15) is 23.9 Å². The third-order valence-corrected chi connectivity index (χ3v) is 3.99.